The molecule has 1 aliphatic carbocycles. The minimum absolute atomic E-state index is 0.298. The van der Waals surface area contributed by atoms with Gasteiger partial charge in [0.25, 0.3) is 5.89 Å². The molecule has 4 aromatic rings. The van der Waals surface area contributed by atoms with Crippen molar-refractivity contribution < 1.29 is 9.26 Å². The first-order valence-corrected chi connectivity index (χ1v) is 11.4. The van der Waals surface area contributed by atoms with E-state index in [9.17, 15) is 0 Å². The first-order valence-electron chi connectivity index (χ1n) is 9.70. The topological polar surface area (TPSA) is 78.9 Å². The van der Waals surface area contributed by atoms with Crippen molar-refractivity contribution in [3.63, 3.8) is 0 Å². The summed E-state index contributed by atoms with van der Waals surface area (Å²) in [5, 5.41) is 14.7. The summed E-state index contributed by atoms with van der Waals surface area (Å²) in [6.07, 6.45) is 2.20. The first-order chi connectivity index (χ1) is 15.2. The zero-order valence-corrected chi connectivity index (χ0v) is 18.6. The van der Waals surface area contributed by atoms with Crippen LogP contribution in [-0.2, 0) is 12.4 Å². The smallest absolute Gasteiger partial charge is 0.259 e. The van der Waals surface area contributed by atoms with Crippen molar-refractivity contribution in [2.75, 3.05) is 0 Å². The van der Waals surface area contributed by atoms with Crippen LogP contribution in [0.1, 0.15) is 30.5 Å². The summed E-state index contributed by atoms with van der Waals surface area (Å²) in [5.41, 5.74) is 0.716. The number of halogens is 2. The van der Waals surface area contributed by atoms with Crippen LogP contribution in [0.5, 0.6) is 5.75 Å². The van der Waals surface area contributed by atoms with E-state index in [2.05, 4.69) is 24.9 Å². The Morgan fingerprint density at radius 3 is 2.58 bits per heavy atom. The van der Waals surface area contributed by atoms with Gasteiger partial charge in [0, 0.05) is 6.04 Å². The maximum Gasteiger partial charge on any atom is 0.259 e. The second-order valence-electron chi connectivity index (χ2n) is 7.00. The lowest BCUT2D eigenvalue weighted by Crippen LogP contribution is -2.07. The van der Waals surface area contributed by atoms with Crippen molar-refractivity contribution in [2.45, 2.75) is 36.4 Å². The minimum atomic E-state index is 0.298. The maximum atomic E-state index is 6.22. The van der Waals surface area contributed by atoms with Gasteiger partial charge in [-0.1, -0.05) is 64.4 Å². The van der Waals surface area contributed by atoms with Crippen LogP contribution < -0.4 is 4.74 Å². The summed E-state index contributed by atoms with van der Waals surface area (Å²) in [4.78, 5) is 4.46. The number of rotatable bonds is 8. The average Bonchev–Trinajstić information content (AvgIpc) is 3.36. The highest BCUT2D eigenvalue weighted by Gasteiger charge is 2.30. The second-order valence-corrected chi connectivity index (χ2v) is 8.76. The van der Waals surface area contributed by atoms with Gasteiger partial charge in [-0.2, -0.15) is 4.98 Å². The van der Waals surface area contributed by atoms with Crippen molar-refractivity contribution in [2.24, 2.45) is 0 Å². The highest BCUT2D eigenvalue weighted by Crippen LogP contribution is 2.39. The Kier molecular flexibility index (Phi) is 5.85. The molecule has 0 saturated heterocycles. The summed E-state index contributed by atoms with van der Waals surface area (Å²) < 4.78 is 13.4. The van der Waals surface area contributed by atoms with Gasteiger partial charge in [-0.25, -0.2) is 0 Å². The van der Waals surface area contributed by atoms with Gasteiger partial charge in [0.05, 0.1) is 21.4 Å². The Morgan fingerprint density at radius 2 is 1.81 bits per heavy atom. The predicted octanol–water partition coefficient (Wildman–Crippen LogP) is 5.84. The molecule has 0 N–H and O–H groups in total. The standard InChI is InChI=1S/C21H17Cl2N5O2S/c22-15-6-2-1-5-14(15)20-24-18(27-30-20)12-31-21-26-25-19(28(21)13-9-10-13)11-29-17-8-4-3-7-16(17)23/h1-8,13H,9-12H2. The molecule has 0 atom stereocenters. The number of hydrogen-bond acceptors (Lipinski definition) is 7. The Labute approximate surface area is 192 Å². The molecule has 0 spiro atoms. The monoisotopic (exact) mass is 473 g/mol. The molecule has 1 aliphatic rings. The van der Waals surface area contributed by atoms with Crippen molar-refractivity contribution in [1.82, 2.24) is 24.9 Å². The molecule has 7 nitrogen and oxygen atoms in total. The van der Waals surface area contributed by atoms with Crippen LogP contribution in [0, 0.1) is 0 Å². The van der Waals surface area contributed by atoms with Crippen LogP contribution in [0.3, 0.4) is 0 Å². The molecule has 158 valence electrons. The van der Waals surface area contributed by atoms with Crippen molar-refractivity contribution in [3.05, 3.63) is 70.2 Å². The summed E-state index contributed by atoms with van der Waals surface area (Å²) in [5.74, 6) is 2.87. The fourth-order valence-electron chi connectivity index (χ4n) is 3.09. The van der Waals surface area contributed by atoms with E-state index in [0.29, 0.717) is 51.5 Å². The normalized spacial score (nSPS) is 13.5. The van der Waals surface area contributed by atoms with Crippen LogP contribution in [0.25, 0.3) is 11.5 Å². The van der Waals surface area contributed by atoms with E-state index in [1.165, 1.54) is 11.8 Å². The number of aromatic nitrogens is 5. The Balaban J connectivity index is 1.28. The molecule has 0 radical (unpaired) electrons. The van der Waals surface area contributed by atoms with Crippen molar-refractivity contribution in [3.8, 4) is 17.2 Å². The quantitative estimate of drug-likeness (QED) is 0.297. The molecule has 10 heteroatoms. The van der Waals surface area contributed by atoms with Gasteiger partial charge in [0.1, 0.15) is 12.4 Å². The SMILES string of the molecule is Clc1ccccc1OCc1nnc(SCc2noc(-c3ccccc3Cl)n2)n1C1CC1. The lowest BCUT2D eigenvalue weighted by molar-refractivity contribution is 0.288. The number of ether oxygens (including phenoxy) is 1. The Hall–Kier alpha value is -2.55. The fraction of sp³-hybridized carbons (Fsp3) is 0.238. The zero-order chi connectivity index (χ0) is 21.2. The number of benzene rings is 2. The summed E-state index contributed by atoms with van der Waals surface area (Å²) >= 11 is 13.9. The third-order valence-electron chi connectivity index (χ3n) is 4.74. The molecule has 5 rings (SSSR count). The van der Waals surface area contributed by atoms with Crippen LogP contribution in [0.2, 0.25) is 10.0 Å². The Morgan fingerprint density at radius 1 is 1.03 bits per heavy atom. The average molecular weight is 474 g/mol. The fourth-order valence-corrected chi connectivity index (χ4v) is 4.37. The Bertz CT molecular complexity index is 1210. The summed E-state index contributed by atoms with van der Waals surface area (Å²) in [7, 11) is 0. The van der Waals surface area contributed by atoms with E-state index in [-0.39, 0.29) is 0 Å². The van der Waals surface area contributed by atoms with Gasteiger partial charge in [-0.3, -0.25) is 4.57 Å². The van der Waals surface area contributed by atoms with E-state index < -0.39 is 0 Å². The highest BCUT2D eigenvalue weighted by atomic mass is 35.5. The van der Waals surface area contributed by atoms with Crippen LogP contribution in [0.4, 0.5) is 0 Å². The van der Waals surface area contributed by atoms with Gasteiger partial charge >= 0.3 is 0 Å². The van der Waals surface area contributed by atoms with Gasteiger partial charge in [0.2, 0.25) is 0 Å². The minimum Gasteiger partial charge on any atom is -0.484 e. The van der Waals surface area contributed by atoms with Crippen LogP contribution >= 0.6 is 35.0 Å². The molecule has 2 heterocycles. The molecule has 2 aromatic heterocycles. The molecule has 0 unspecified atom stereocenters. The molecule has 1 saturated carbocycles. The number of hydrogen-bond donors (Lipinski definition) is 0. The molecule has 0 amide bonds. The van der Waals surface area contributed by atoms with Gasteiger partial charge in [-0.05, 0) is 37.1 Å². The summed E-state index contributed by atoms with van der Waals surface area (Å²) in [6, 6.07) is 15.2. The third-order valence-corrected chi connectivity index (χ3v) is 6.32. The van der Waals surface area contributed by atoms with Crippen LogP contribution in [0.15, 0.2) is 58.2 Å². The van der Waals surface area contributed by atoms with Crippen molar-refractivity contribution in [1.29, 1.82) is 0 Å². The first kappa shape index (κ1) is 20.4. The largest absolute Gasteiger partial charge is 0.484 e. The molecule has 31 heavy (non-hydrogen) atoms. The third kappa shape index (κ3) is 4.56. The van der Waals surface area contributed by atoms with E-state index in [0.717, 1.165) is 23.8 Å². The molecule has 0 bridgehead atoms. The molecule has 2 aromatic carbocycles. The van der Waals surface area contributed by atoms with E-state index in [1.54, 1.807) is 12.1 Å². The predicted molar refractivity (Wildman–Crippen MR) is 118 cm³/mol. The second kappa shape index (κ2) is 8.90. The van der Waals surface area contributed by atoms with Crippen molar-refractivity contribution >= 4 is 35.0 Å². The number of para-hydroxylation sites is 1. The molecular weight excluding hydrogens is 457 g/mol. The zero-order valence-electron chi connectivity index (χ0n) is 16.2. The number of thioether (sulfide) groups is 1. The number of nitrogens with zero attached hydrogens (tertiary/aromatic N) is 5. The maximum absolute atomic E-state index is 6.22. The lowest BCUT2D eigenvalue weighted by atomic mass is 10.2. The lowest BCUT2D eigenvalue weighted by Gasteiger charge is -2.10. The molecular formula is C21H17Cl2N5O2S. The molecule has 0 aliphatic heterocycles. The molecule has 1 fully saturated rings. The van der Waals surface area contributed by atoms with Crippen LogP contribution in [-0.4, -0.2) is 24.9 Å². The van der Waals surface area contributed by atoms with E-state index in [1.807, 2.05) is 36.4 Å². The van der Waals surface area contributed by atoms with E-state index >= 15 is 0 Å². The van der Waals surface area contributed by atoms with Gasteiger partial charge in [0.15, 0.2) is 16.8 Å². The van der Waals surface area contributed by atoms with Gasteiger partial charge < -0.3 is 9.26 Å². The highest BCUT2D eigenvalue weighted by molar-refractivity contribution is 7.98. The van der Waals surface area contributed by atoms with Gasteiger partial charge in [-0.15, -0.1) is 10.2 Å². The van der Waals surface area contributed by atoms with E-state index in [4.69, 9.17) is 32.5 Å². The summed E-state index contributed by atoms with van der Waals surface area (Å²) in [6.45, 7) is 0.298.